The van der Waals surface area contributed by atoms with Crippen molar-refractivity contribution >= 4 is 5.69 Å². The summed E-state index contributed by atoms with van der Waals surface area (Å²) in [6.07, 6.45) is 0. The van der Waals surface area contributed by atoms with Crippen molar-refractivity contribution in [1.29, 1.82) is 0 Å². The molecule has 1 aliphatic heterocycles. The summed E-state index contributed by atoms with van der Waals surface area (Å²) in [4.78, 5) is 0. The van der Waals surface area contributed by atoms with E-state index in [2.05, 4.69) is 5.32 Å². The molecule has 0 radical (unpaired) electrons. The van der Waals surface area contributed by atoms with Crippen LogP contribution < -0.4 is 14.8 Å². The van der Waals surface area contributed by atoms with Gasteiger partial charge in [0.05, 0.1) is 6.54 Å². The van der Waals surface area contributed by atoms with Crippen LogP contribution in [-0.2, 0) is 6.54 Å². The fraction of sp³-hybridized carbons (Fsp3) is 0.231. The maximum Gasteiger partial charge on any atom is 0.231 e. The van der Waals surface area contributed by atoms with Crippen LogP contribution in [0.25, 0.3) is 0 Å². The molecule has 0 fully saturated rings. The van der Waals surface area contributed by atoms with E-state index in [9.17, 15) is 0 Å². The van der Waals surface area contributed by atoms with Crippen LogP contribution in [0.15, 0.2) is 34.7 Å². The second kappa shape index (κ2) is 4.05. The highest BCUT2D eigenvalue weighted by Crippen LogP contribution is 2.34. The summed E-state index contributed by atoms with van der Waals surface area (Å²) < 4.78 is 16.0. The first-order valence-corrected chi connectivity index (χ1v) is 5.50. The molecule has 1 aromatic heterocycles. The van der Waals surface area contributed by atoms with Crippen LogP contribution in [0.3, 0.4) is 0 Å². The minimum atomic E-state index is 0.302. The van der Waals surface area contributed by atoms with Gasteiger partial charge in [-0.3, -0.25) is 0 Å². The molecular formula is C13H13NO3. The fourth-order valence-corrected chi connectivity index (χ4v) is 1.78. The highest BCUT2D eigenvalue weighted by atomic mass is 16.7. The number of ether oxygens (including phenoxy) is 2. The summed E-state index contributed by atoms with van der Waals surface area (Å²) in [5, 5.41) is 3.27. The van der Waals surface area contributed by atoms with E-state index in [1.54, 1.807) is 0 Å². The van der Waals surface area contributed by atoms with Crippen molar-refractivity contribution in [3.8, 4) is 11.5 Å². The van der Waals surface area contributed by atoms with Crippen molar-refractivity contribution in [2.24, 2.45) is 0 Å². The Hall–Kier alpha value is -2.10. The monoisotopic (exact) mass is 231 g/mol. The van der Waals surface area contributed by atoms with Crippen LogP contribution in [0.5, 0.6) is 11.5 Å². The van der Waals surface area contributed by atoms with Crippen molar-refractivity contribution in [1.82, 2.24) is 0 Å². The number of fused-ring (bicyclic) bond motifs is 1. The number of hydrogen-bond acceptors (Lipinski definition) is 4. The minimum Gasteiger partial charge on any atom is -0.465 e. The van der Waals surface area contributed by atoms with Crippen LogP contribution in [0.1, 0.15) is 11.5 Å². The Labute approximate surface area is 99.1 Å². The second-order valence-electron chi connectivity index (χ2n) is 3.93. The Kier molecular flexibility index (Phi) is 2.40. The lowest BCUT2D eigenvalue weighted by Crippen LogP contribution is -1.97. The zero-order valence-electron chi connectivity index (χ0n) is 9.53. The van der Waals surface area contributed by atoms with Crippen molar-refractivity contribution in [2.75, 3.05) is 12.1 Å². The Morgan fingerprint density at radius 3 is 2.82 bits per heavy atom. The number of benzene rings is 1. The molecule has 1 aliphatic rings. The second-order valence-corrected chi connectivity index (χ2v) is 3.93. The largest absolute Gasteiger partial charge is 0.465 e. The molecule has 0 bridgehead atoms. The molecule has 0 saturated heterocycles. The average Bonchev–Trinajstić information content (AvgIpc) is 2.94. The van der Waals surface area contributed by atoms with E-state index in [-0.39, 0.29) is 0 Å². The lowest BCUT2D eigenvalue weighted by atomic mass is 10.2. The summed E-state index contributed by atoms with van der Waals surface area (Å²) in [7, 11) is 0. The molecular weight excluding hydrogens is 218 g/mol. The molecule has 0 atom stereocenters. The summed E-state index contributed by atoms with van der Waals surface area (Å²) >= 11 is 0. The zero-order chi connectivity index (χ0) is 11.7. The van der Waals surface area contributed by atoms with Gasteiger partial charge in [-0.05, 0) is 31.2 Å². The topological polar surface area (TPSA) is 43.6 Å². The van der Waals surface area contributed by atoms with Gasteiger partial charge in [-0.25, -0.2) is 0 Å². The Morgan fingerprint density at radius 2 is 2.00 bits per heavy atom. The summed E-state index contributed by atoms with van der Waals surface area (Å²) in [6, 6.07) is 9.71. The molecule has 1 N–H and O–H groups in total. The first-order valence-electron chi connectivity index (χ1n) is 5.50. The molecule has 2 aromatic rings. The standard InChI is InChI=1S/C13H13NO3/c1-9-2-4-11(17-9)7-14-10-3-5-12-13(6-10)16-8-15-12/h2-6,14H,7-8H2,1H3. The van der Waals surface area contributed by atoms with E-state index in [1.165, 1.54) is 0 Å². The van der Waals surface area contributed by atoms with Crippen molar-refractivity contribution in [3.63, 3.8) is 0 Å². The van der Waals surface area contributed by atoms with E-state index < -0.39 is 0 Å². The molecule has 17 heavy (non-hydrogen) atoms. The Bertz CT molecular complexity index is 533. The summed E-state index contributed by atoms with van der Waals surface area (Å²) in [5.74, 6) is 3.42. The molecule has 0 unspecified atom stereocenters. The third kappa shape index (κ3) is 2.06. The molecule has 2 heterocycles. The maximum absolute atomic E-state index is 5.48. The van der Waals surface area contributed by atoms with Crippen molar-refractivity contribution in [3.05, 3.63) is 41.9 Å². The highest BCUT2D eigenvalue weighted by molar-refractivity contribution is 5.55. The number of nitrogens with one attached hydrogen (secondary N) is 1. The smallest absolute Gasteiger partial charge is 0.231 e. The average molecular weight is 231 g/mol. The van der Waals surface area contributed by atoms with Gasteiger partial charge in [-0.15, -0.1) is 0 Å². The number of aryl methyl sites for hydroxylation is 1. The van der Waals surface area contributed by atoms with Gasteiger partial charge in [0.2, 0.25) is 6.79 Å². The normalized spacial score (nSPS) is 12.8. The van der Waals surface area contributed by atoms with Crippen molar-refractivity contribution < 1.29 is 13.9 Å². The molecule has 0 amide bonds. The third-order valence-electron chi connectivity index (χ3n) is 2.64. The van der Waals surface area contributed by atoms with E-state index in [4.69, 9.17) is 13.9 Å². The van der Waals surface area contributed by atoms with Gasteiger partial charge in [0.1, 0.15) is 11.5 Å². The predicted octanol–water partition coefficient (Wildman–Crippen LogP) is 2.93. The van der Waals surface area contributed by atoms with E-state index in [1.807, 2.05) is 37.3 Å². The lowest BCUT2D eigenvalue weighted by molar-refractivity contribution is 0.174. The van der Waals surface area contributed by atoms with E-state index in [0.717, 1.165) is 28.7 Å². The van der Waals surface area contributed by atoms with Gasteiger partial charge in [-0.2, -0.15) is 0 Å². The van der Waals surface area contributed by atoms with Crippen LogP contribution in [-0.4, -0.2) is 6.79 Å². The highest BCUT2D eigenvalue weighted by Gasteiger charge is 2.13. The molecule has 1 aromatic carbocycles. The molecule has 4 heteroatoms. The SMILES string of the molecule is Cc1ccc(CNc2ccc3c(c2)OCO3)o1. The number of furan rings is 1. The van der Waals surface area contributed by atoms with Gasteiger partial charge in [0, 0.05) is 11.8 Å². The Balaban J connectivity index is 1.69. The molecule has 0 saturated carbocycles. The quantitative estimate of drug-likeness (QED) is 0.882. The fourth-order valence-electron chi connectivity index (χ4n) is 1.78. The van der Waals surface area contributed by atoms with Gasteiger partial charge >= 0.3 is 0 Å². The maximum atomic E-state index is 5.48. The molecule has 3 rings (SSSR count). The van der Waals surface area contributed by atoms with Gasteiger partial charge in [0.25, 0.3) is 0 Å². The zero-order valence-corrected chi connectivity index (χ0v) is 9.53. The lowest BCUT2D eigenvalue weighted by Gasteiger charge is -2.05. The first kappa shape index (κ1) is 10.1. The molecule has 88 valence electrons. The van der Waals surface area contributed by atoms with Gasteiger partial charge in [0.15, 0.2) is 11.5 Å². The number of anilines is 1. The minimum absolute atomic E-state index is 0.302. The summed E-state index contributed by atoms with van der Waals surface area (Å²) in [5.41, 5.74) is 0.989. The van der Waals surface area contributed by atoms with E-state index >= 15 is 0 Å². The first-order chi connectivity index (χ1) is 8.31. The molecule has 4 nitrogen and oxygen atoms in total. The predicted molar refractivity (Wildman–Crippen MR) is 63.3 cm³/mol. The number of rotatable bonds is 3. The van der Waals surface area contributed by atoms with Crippen LogP contribution >= 0.6 is 0 Å². The molecule has 0 spiro atoms. The summed E-state index contributed by atoms with van der Waals surface area (Å²) in [6.45, 7) is 2.90. The third-order valence-corrected chi connectivity index (χ3v) is 2.64. The van der Waals surface area contributed by atoms with Crippen LogP contribution in [0.4, 0.5) is 5.69 Å². The Morgan fingerprint density at radius 1 is 1.12 bits per heavy atom. The molecule has 0 aliphatic carbocycles. The van der Waals surface area contributed by atoms with Gasteiger partial charge in [-0.1, -0.05) is 0 Å². The van der Waals surface area contributed by atoms with Crippen molar-refractivity contribution in [2.45, 2.75) is 13.5 Å². The van der Waals surface area contributed by atoms with Crippen LogP contribution in [0, 0.1) is 6.92 Å². The van der Waals surface area contributed by atoms with E-state index in [0.29, 0.717) is 13.3 Å². The van der Waals surface area contributed by atoms with Gasteiger partial charge < -0.3 is 19.2 Å². The number of hydrogen-bond donors (Lipinski definition) is 1. The van der Waals surface area contributed by atoms with Crippen LogP contribution in [0.2, 0.25) is 0 Å².